The van der Waals surface area contributed by atoms with E-state index in [4.69, 9.17) is 22.1 Å². The number of benzene rings is 1. The van der Waals surface area contributed by atoms with E-state index in [1.54, 1.807) is 18.0 Å². The minimum absolute atomic E-state index is 0.344. The van der Waals surface area contributed by atoms with Gasteiger partial charge in [-0.25, -0.2) is 0 Å². The molecule has 0 aliphatic heterocycles. The molecule has 84 valence electrons. The van der Waals surface area contributed by atoms with Gasteiger partial charge in [-0.3, -0.25) is 4.68 Å². The molecule has 2 N–H and O–H groups in total. The van der Waals surface area contributed by atoms with E-state index in [0.717, 1.165) is 11.3 Å². The van der Waals surface area contributed by atoms with Crippen molar-refractivity contribution in [1.82, 2.24) is 9.78 Å². The Kier molecular flexibility index (Phi) is 3.01. The van der Waals surface area contributed by atoms with Gasteiger partial charge in [-0.15, -0.1) is 0 Å². The fourth-order valence-corrected chi connectivity index (χ4v) is 1.65. The fourth-order valence-electron chi connectivity index (χ4n) is 1.50. The first-order valence-electron chi connectivity index (χ1n) is 4.81. The predicted molar refractivity (Wildman–Crippen MR) is 63.7 cm³/mol. The van der Waals surface area contributed by atoms with Gasteiger partial charge in [0.1, 0.15) is 10.8 Å². The monoisotopic (exact) mass is 237 g/mol. The van der Waals surface area contributed by atoms with Crippen LogP contribution in [0.1, 0.15) is 5.56 Å². The fraction of sp³-hybridized carbons (Fsp3) is 0.182. The second kappa shape index (κ2) is 4.45. The van der Waals surface area contributed by atoms with Crippen LogP contribution in [0.5, 0.6) is 5.75 Å². The highest BCUT2D eigenvalue weighted by Gasteiger charge is 2.06. The Labute approximate surface area is 98.6 Å². The van der Waals surface area contributed by atoms with Crippen LogP contribution in [0.4, 0.5) is 5.82 Å². The first-order valence-corrected chi connectivity index (χ1v) is 5.19. The summed E-state index contributed by atoms with van der Waals surface area (Å²) in [4.78, 5) is 0. The van der Waals surface area contributed by atoms with Gasteiger partial charge in [-0.05, 0) is 6.07 Å². The highest BCUT2D eigenvalue weighted by atomic mass is 35.5. The van der Waals surface area contributed by atoms with Gasteiger partial charge in [0.25, 0.3) is 0 Å². The number of nitrogen functional groups attached to an aromatic ring is 1. The molecule has 0 fully saturated rings. The SMILES string of the molecule is COc1ccccc1Cn1cc(Cl)c(N)n1. The topological polar surface area (TPSA) is 53.1 Å². The summed E-state index contributed by atoms with van der Waals surface area (Å²) >= 11 is 5.83. The molecule has 2 rings (SSSR count). The molecule has 0 aliphatic carbocycles. The molecule has 0 aliphatic rings. The zero-order valence-corrected chi connectivity index (χ0v) is 9.61. The molecule has 1 heterocycles. The number of hydrogen-bond acceptors (Lipinski definition) is 3. The van der Waals surface area contributed by atoms with E-state index < -0.39 is 0 Å². The zero-order valence-electron chi connectivity index (χ0n) is 8.85. The normalized spacial score (nSPS) is 10.4. The third-order valence-electron chi connectivity index (χ3n) is 2.27. The van der Waals surface area contributed by atoms with Crippen molar-refractivity contribution >= 4 is 17.4 Å². The van der Waals surface area contributed by atoms with Crippen molar-refractivity contribution in [3.05, 3.63) is 41.0 Å². The number of hydrogen-bond donors (Lipinski definition) is 1. The van der Waals surface area contributed by atoms with Gasteiger partial charge >= 0.3 is 0 Å². The molecule has 1 aromatic carbocycles. The molecule has 2 aromatic rings. The molecule has 0 saturated carbocycles. The molecule has 16 heavy (non-hydrogen) atoms. The molecule has 1 aromatic heterocycles. The Hall–Kier alpha value is -1.68. The van der Waals surface area contributed by atoms with Gasteiger partial charge in [-0.1, -0.05) is 29.8 Å². The minimum atomic E-state index is 0.344. The van der Waals surface area contributed by atoms with E-state index in [1.807, 2.05) is 24.3 Å². The number of aromatic nitrogens is 2. The van der Waals surface area contributed by atoms with E-state index in [1.165, 1.54) is 0 Å². The van der Waals surface area contributed by atoms with Crippen LogP contribution in [-0.2, 0) is 6.54 Å². The van der Waals surface area contributed by atoms with Gasteiger partial charge in [0, 0.05) is 11.8 Å². The van der Waals surface area contributed by atoms with Crippen molar-refractivity contribution in [2.45, 2.75) is 6.54 Å². The standard InChI is InChI=1S/C11H12ClN3O/c1-16-10-5-3-2-4-8(10)6-15-7-9(12)11(13)14-15/h2-5,7H,6H2,1H3,(H2,13,14). The lowest BCUT2D eigenvalue weighted by Gasteiger charge is -2.07. The summed E-state index contributed by atoms with van der Waals surface area (Å²) in [6.45, 7) is 0.584. The van der Waals surface area contributed by atoms with Crippen LogP contribution in [-0.4, -0.2) is 16.9 Å². The number of para-hydroxylation sites is 1. The third kappa shape index (κ3) is 2.12. The van der Waals surface area contributed by atoms with Crippen LogP contribution < -0.4 is 10.5 Å². The molecule has 0 saturated heterocycles. The molecule has 5 heteroatoms. The lowest BCUT2D eigenvalue weighted by molar-refractivity contribution is 0.407. The first-order chi connectivity index (χ1) is 7.70. The maximum Gasteiger partial charge on any atom is 0.164 e. The van der Waals surface area contributed by atoms with Gasteiger partial charge in [0.05, 0.1) is 13.7 Å². The largest absolute Gasteiger partial charge is 0.496 e. The first kappa shape index (κ1) is 10.8. The van der Waals surface area contributed by atoms with Crippen LogP contribution in [0.25, 0.3) is 0 Å². The van der Waals surface area contributed by atoms with Crippen molar-refractivity contribution in [2.75, 3.05) is 12.8 Å². The van der Waals surface area contributed by atoms with Crippen molar-refractivity contribution < 1.29 is 4.74 Å². The Morgan fingerprint density at radius 2 is 2.19 bits per heavy atom. The molecule has 0 atom stereocenters. The smallest absolute Gasteiger partial charge is 0.164 e. The predicted octanol–water partition coefficient (Wildman–Crippen LogP) is 2.18. The Bertz CT molecular complexity index is 476. The molecule has 4 nitrogen and oxygen atoms in total. The molecular weight excluding hydrogens is 226 g/mol. The lowest BCUT2D eigenvalue weighted by atomic mass is 10.2. The van der Waals surface area contributed by atoms with E-state index in [-0.39, 0.29) is 0 Å². The molecular formula is C11H12ClN3O. The van der Waals surface area contributed by atoms with Crippen molar-refractivity contribution in [1.29, 1.82) is 0 Å². The number of anilines is 1. The van der Waals surface area contributed by atoms with E-state index in [2.05, 4.69) is 5.10 Å². The number of methoxy groups -OCH3 is 1. The zero-order chi connectivity index (χ0) is 11.5. The number of rotatable bonds is 3. The van der Waals surface area contributed by atoms with E-state index in [0.29, 0.717) is 17.4 Å². The van der Waals surface area contributed by atoms with E-state index >= 15 is 0 Å². The Morgan fingerprint density at radius 1 is 1.44 bits per heavy atom. The maximum absolute atomic E-state index is 5.83. The third-order valence-corrected chi connectivity index (χ3v) is 2.56. The summed E-state index contributed by atoms with van der Waals surface area (Å²) in [7, 11) is 1.64. The number of nitrogens with zero attached hydrogens (tertiary/aromatic N) is 2. The summed E-state index contributed by atoms with van der Waals surface area (Å²) in [6, 6.07) is 7.76. The van der Waals surface area contributed by atoms with Gasteiger partial charge in [0.2, 0.25) is 0 Å². The quantitative estimate of drug-likeness (QED) is 0.890. The number of ether oxygens (including phenoxy) is 1. The average molecular weight is 238 g/mol. The Morgan fingerprint density at radius 3 is 2.81 bits per heavy atom. The summed E-state index contributed by atoms with van der Waals surface area (Å²) in [5.41, 5.74) is 6.60. The van der Waals surface area contributed by atoms with Crippen molar-refractivity contribution in [3.63, 3.8) is 0 Å². The summed E-state index contributed by atoms with van der Waals surface area (Å²) in [5.74, 6) is 1.17. The van der Waals surface area contributed by atoms with Crippen molar-refractivity contribution in [2.24, 2.45) is 0 Å². The second-order valence-corrected chi connectivity index (χ2v) is 3.78. The Balaban J connectivity index is 2.26. The molecule has 0 amide bonds. The molecule has 0 spiro atoms. The summed E-state index contributed by atoms with van der Waals surface area (Å²) < 4.78 is 6.94. The molecule has 0 radical (unpaired) electrons. The second-order valence-electron chi connectivity index (χ2n) is 3.37. The van der Waals surface area contributed by atoms with Crippen molar-refractivity contribution in [3.8, 4) is 5.75 Å². The molecule has 0 bridgehead atoms. The summed E-state index contributed by atoms with van der Waals surface area (Å²) in [5, 5.41) is 4.56. The summed E-state index contributed by atoms with van der Waals surface area (Å²) in [6.07, 6.45) is 1.70. The van der Waals surface area contributed by atoms with Gasteiger partial charge < -0.3 is 10.5 Å². The lowest BCUT2D eigenvalue weighted by Crippen LogP contribution is -2.02. The number of nitrogens with two attached hydrogens (primary N) is 1. The maximum atomic E-state index is 5.83. The van der Waals surface area contributed by atoms with Gasteiger partial charge in [0.15, 0.2) is 5.82 Å². The van der Waals surface area contributed by atoms with Gasteiger partial charge in [-0.2, -0.15) is 5.10 Å². The highest BCUT2D eigenvalue weighted by Crippen LogP contribution is 2.20. The van der Waals surface area contributed by atoms with Crippen LogP contribution in [0.2, 0.25) is 5.02 Å². The van der Waals surface area contributed by atoms with Crippen LogP contribution in [0.3, 0.4) is 0 Å². The van der Waals surface area contributed by atoms with Crippen LogP contribution in [0, 0.1) is 0 Å². The van der Waals surface area contributed by atoms with Crippen LogP contribution in [0.15, 0.2) is 30.5 Å². The van der Waals surface area contributed by atoms with E-state index in [9.17, 15) is 0 Å². The van der Waals surface area contributed by atoms with Crippen LogP contribution >= 0.6 is 11.6 Å². The number of halogens is 1. The average Bonchev–Trinajstić information content (AvgIpc) is 2.59. The highest BCUT2D eigenvalue weighted by molar-refractivity contribution is 6.32. The molecule has 0 unspecified atom stereocenters. The minimum Gasteiger partial charge on any atom is -0.496 e.